The number of nitrogens with one attached hydrogen (secondary N) is 2. The van der Waals surface area contributed by atoms with Crippen molar-refractivity contribution in [2.45, 2.75) is 44.6 Å². The first-order chi connectivity index (χ1) is 13.7. The van der Waals surface area contributed by atoms with E-state index in [1.54, 1.807) is 0 Å². The molecule has 0 bridgehead atoms. The summed E-state index contributed by atoms with van der Waals surface area (Å²) < 4.78 is 0. The van der Waals surface area contributed by atoms with Crippen LogP contribution in [0.1, 0.15) is 36.8 Å². The zero-order chi connectivity index (χ0) is 19.3. The summed E-state index contributed by atoms with van der Waals surface area (Å²) >= 11 is 0. The van der Waals surface area contributed by atoms with Crippen molar-refractivity contribution < 1.29 is 9.59 Å². The number of carbonyl (C=O) groups is 2. The van der Waals surface area contributed by atoms with Gasteiger partial charge in [-0.3, -0.25) is 9.59 Å². The second-order valence-corrected chi connectivity index (χ2v) is 7.70. The first-order valence-corrected chi connectivity index (χ1v) is 10.2. The molecule has 0 radical (unpaired) electrons. The Morgan fingerprint density at radius 3 is 2.62 bits per heavy atom. The molecule has 0 aromatic heterocycles. The lowest BCUT2D eigenvalue weighted by atomic mass is 10.0. The molecule has 154 valence electrons. The Bertz CT molecular complexity index is 847. The molecule has 1 unspecified atom stereocenters. The van der Waals surface area contributed by atoms with E-state index in [-0.39, 0.29) is 24.2 Å². The number of benzene rings is 2. The van der Waals surface area contributed by atoms with E-state index in [1.807, 2.05) is 47.4 Å². The summed E-state index contributed by atoms with van der Waals surface area (Å²) in [5, 5.41) is 6.29. The van der Waals surface area contributed by atoms with E-state index in [0.29, 0.717) is 18.9 Å². The monoisotopic (exact) mass is 413 g/mol. The first kappa shape index (κ1) is 21.3. The number of fused-ring (bicyclic) bond motifs is 1. The van der Waals surface area contributed by atoms with E-state index in [0.717, 1.165) is 55.7 Å². The minimum Gasteiger partial charge on any atom is -0.326 e. The van der Waals surface area contributed by atoms with Crippen molar-refractivity contribution in [2.24, 2.45) is 0 Å². The lowest BCUT2D eigenvalue weighted by Gasteiger charge is -2.29. The maximum absolute atomic E-state index is 12.8. The van der Waals surface area contributed by atoms with Crippen molar-refractivity contribution in [2.75, 3.05) is 23.3 Å². The van der Waals surface area contributed by atoms with E-state index in [4.69, 9.17) is 0 Å². The van der Waals surface area contributed by atoms with Gasteiger partial charge in [-0.15, -0.1) is 12.4 Å². The molecule has 2 N–H and O–H groups in total. The van der Waals surface area contributed by atoms with E-state index in [2.05, 4.69) is 16.7 Å². The Morgan fingerprint density at radius 2 is 1.86 bits per heavy atom. The molecule has 5 nitrogen and oxygen atoms in total. The summed E-state index contributed by atoms with van der Waals surface area (Å²) in [5.74, 6) is 0.157. The van der Waals surface area contributed by atoms with E-state index in [9.17, 15) is 9.59 Å². The van der Waals surface area contributed by atoms with Crippen molar-refractivity contribution in [3.05, 3.63) is 59.7 Å². The van der Waals surface area contributed by atoms with Gasteiger partial charge < -0.3 is 15.5 Å². The molecular formula is C23H28ClN3O2. The zero-order valence-corrected chi connectivity index (χ0v) is 17.3. The number of halogens is 1. The van der Waals surface area contributed by atoms with Gasteiger partial charge in [-0.2, -0.15) is 0 Å². The molecule has 1 atom stereocenters. The topological polar surface area (TPSA) is 61.4 Å². The highest BCUT2D eigenvalue weighted by atomic mass is 35.5. The number of hydrogen-bond acceptors (Lipinski definition) is 3. The molecule has 0 aliphatic carbocycles. The summed E-state index contributed by atoms with van der Waals surface area (Å²) in [5.41, 5.74) is 4.03. The van der Waals surface area contributed by atoms with Crippen LogP contribution in [-0.4, -0.2) is 30.9 Å². The molecule has 1 saturated heterocycles. The molecule has 6 heteroatoms. The third-order valence-electron chi connectivity index (χ3n) is 5.60. The van der Waals surface area contributed by atoms with Crippen LogP contribution < -0.4 is 15.5 Å². The molecule has 2 aliphatic heterocycles. The lowest BCUT2D eigenvalue weighted by Crippen LogP contribution is -2.36. The van der Waals surface area contributed by atoms with Crippen molar-refractivity contribution in [3.8, 4) is 0 Å². The van der Waals surface area contributed by atoms with Crippen molar-refractivity contribution >= 4 is 35.6 Å². The maximum Gasteiger partial charge on any atom is 0.231 e. The van der Waals surface area contributed by atoms with Crippen LogP contribution >= 0.6 is 12.4 Å². The molecule has 2 amide bonds. The molecule has 2 aromatic carbocycles. The number of hydrogen-bond donors (Lipinski definition) is 2. The van der Waals surface area contributed by atoms with Crippen molar-refractivity contribution in [1.82, 2.24) is 5.32 Å². The Labute approximate surface area is 178 Å². The molecule has 2 aromatic rings. The quantitative estimate of drug-likeness (QED) is 0.785. The van der Waals surface area contributed by atoms with E-state index >= 15 is 0 Å². The average molecular weight is 414 g/mol. The van der Waals surface area contributed by atoms with Gasteiger partial charge in [-0.05, 0) is 61.6 Å². The molecule has 0 saturated carbocycles. The minimum atomic E-state index is 0. The minimum absolute atomic E-state index is 0. The molecule has 0 spiro atoms. The Balaban J connectivity index is 0.00000240. The predicted molar refractivity (Wildman–Crippen MR) is 119 cm³/mol. The van der Waals surface area contributed by atoms with E-state index in [1.165, 1.54) is 5.56 Å². The van der Waals surface area contributed by atoms with Gasteiger partial charge >= 0.3 is 0 Å². The van der Waals surface area contributed by atoms with Gasteiger partial charge in [-0.1, -0.05) is 30.3 Å². The second-order valence-electron chi connectivity index (χ2n) is 7.70. The van der Waals surface area contributed by atoms with Gasteiger partial charge in [0.05, 0.1) is 6.42 Å². The molecule has 4 rings (SSSR count). The highest BCUT2D eigenvalue weighted by Gasteiger charge is 2.22. The smallest absolute Gasteiger partial charge is 0.231 e. The fraction of sp³-hybridized carbons (Fsp3) is 0.391. The third kappa shape index (κ3) is 5.37. The number of amides is 2. The summed E-state index contributed by atoms with van der Waals surface area (Å²) in [4.78, 5) is 26.9. The highest BCUT2D eigenvalue weighted by Crippen LogP contribution is 2.27. The zero-order valence-electron chi connectivity index (χ0n) is 16.5. The SMILES string of the molecule is Cl.O=C(CC1CCCN1)Nc1ccc(CC(=O)N2CCCc3ccccc32)cc1. The van der Waals surface area contributed by atoms with Gasteiger partial charge in [0.2, 0.25) is 11.8 Å². The van der Waals surface area contributed by atoms with Crippen LogP contribution in [0.3, 0.4) is 0 Å². The van der Waals surface area contributed by atoms with Gasteiger partial charge in [0, 0.05) is 30.4 Å². The molecule has 29 heavy (non-hydrogen) atoms. The largest absolute Gasteiger partial charge is 0.326 e. The number of carbonyl (C=O) groups excluding carboxylic acids is 2. The third-order valence-corrected chi connectivity index (χ3v) is 5.60. The van der Waals surface area contributed by atoms with Crippen LogP contribution in [0.25, 0.3) is 0 Å². The number of anilines is 2. The maximum atomic E-state index is 12.8. The normalized spacial score (nSPS) is 17.9. The van der Waals surface area contributed by atoms with Crippen molar-refractivity contribution in [3.63, 3.8) is 0 Å². The molecule has 1 fully saturated rings. The lowest BCUT2D eigenvalue weighted by molar-refractivity contribution is -0.118. The van der Waals surface area contributed by atoms with Gasteiger partial charge in [0.15, 0.2) is 0 Å². The molecular weight excluding hydrogens is 386 g/mol. The van der Waals surface area contributed by atoms with Crippen molar-refractivity contribution in [1.29, 1.82) is 0 Å². The molecule has 2 aliphatic rings. The summed E-state index contributed by atoms with van der Waals surface area (Å²) in [7, 11) is 0. The fourth-order valence-corrected chi connectivity index (χ4v) is 4.14. The summed E-state index contributed by atoms with van der Waals surface area (Å²) in [6, 6.07) is 16.1. The van der Waals surface area contributed by atoms with Crippen LogP contribution in [0.2, 0.25) is 0 Å². The van der Waals surface area contributed by atoms with Gasteiger partial charge in [0.25, 0.3) is 0 Å². The number of rotatable bonds is 5. The van der Waals surface area contributed by atoms with Crippen LogP contribution in [0.5, 0.6) is 0 Å². The Kier molecular flexibility index (Phi) is 7.29. The van der Waals surface area contributed by atoms with Gasteiger partial charge in [0.1, 0.15) is 0 Å². The molecule has 2 heterocycles. The summed E-state index contributed by atoms with van der Waals surface area (Å²) in [6.45, 7) is 1.78. The highest BCUT2D eigenvalue weighted by molar-refractivity contribution is 5.96. The number of aryl methyl sites for hydroxylation is 1. The first-order valence-electron chi connectivity index (χ1n) is 10.2. The second kappa shape index (κ2) is 9.90. The summed E-state index contributed by atoms with van der Waals surface area (Å²) in [6.07, 6.45) is 5.12. The van der Waals surface area contributed by atoms with Crippen LogP contribution in [-0.2, 0) is 22.4 Å². The predicted octanol–water partition coefficient (Wildman–Crippen LogP) is 3.71. The standard InChI is InChI=1S/C23H27N3O2.ClH/c27-22(16-20-7-3-13-24-20)25-19-11-9-17(10-12-19)15-23(28)26-14-4-6-18-5-1-2-8-21(18)26;/h1-2,5,8-12,20,24H,3-4,6-7,13-16H2,(H,25,27);1H. The average Bonchev–Trinajstić information content (AvgIpc) is 3.22. The number of nitrogens with zero attached hydrogens (tertiary/aromatic N) is 1. The Morgan fingerprint density at radius 1 is 1.07 bits per heavy atom. The fourth-order valence-electron chi connectivity index (χ4n) is 4.14. The Hall–Kier alpha value is -2.37. The number of para-hydroxylation sites is 1. The van der Waals surface area contributed by atoms with Crippen LogP contribution in [0, 0.1) is 0 Å². The van der Waals surface area contributed by atoms with E-state index < -0.39 is 0 Å². The van der Waals surface area contributed by atoms with Gasteiger partial charge in [-0.25, -0.2) is 0 Å². The van der Waals surface area contributed by atoms with Crippen LogP contribution in [0.4, 0.5) is 11.4 Å². The van der Waals surface area contributed by atoms with Crippen LogP contribution in [0.15, 0.2) is 48.5 Å².